The summed E-state index contributed by atoms with van der Waals surface area (Å²) in [4.78, 5) is 4.26. The summed E-state index contributed by atoms with van der Waals surface area (Å²) in [6.07, 6.45) is 1.08. The molecule has 1 aliphatic rings. The zero-order valence-electron chi connectivity index (χ0n) is 10.9. The van der Waals surface area contributed by atoms with Gasteiger partial charge in [0.1, 0.15) is 6.61 Å². The Hall–Kier alpha value is -1.43. The zero-order valence-corrected chi connectivity index (χ0v) is 11.7. The van der Waals surface area contributed by atoms with Crippen molar-refractivity contribution in [2.45, 2.75) is 11.4 Å². The zero-order chi connectivity index (χ0) is 14.6. The summed E-state index contributed by atoms with van der Waals surface area (Å²) in [5, 5.41) is 0.373. The average Bonchev–Trinajstić information content (AvgIpc) is 2.45. The fourth-order valence-corrected chi connectivity index (χ4v) is 2.09. The summed E-state index contributed by atoms with van der Waals surface area (Å²) in [5.74, 6) is 0.523. The molecule has 0 fully saturated rings. The number of thioether (sulfide) groups is 1. The van der Waals surface area contributed by atoms with Crippen LogP contribution >= 0.6 is 11.8 Å². The fourth-order valence-electron chi connectivity index (χ4n) is 1.66. The standard InChI is InChI=1S/C14H14F3NOS/c1-20-12-8-18-13(19-9-12)7-4-10-2-5-11(6-3-10)14(15,16)17/h2-7,12H,8-9H2,1H3. The first kappa shape index (κ1) is 15.0. The van der Waals surface area contributed by atoms with Gasteiger partial charge in [0.2, 0.25) is 5.90 Å². The lowest BCUT2D eigenvalue weighted by molar-refractivity contribution is -0.137. The summed E-state index contributed by atoms with van der Waals surface area (Å²) in [7, 11) is 0. The maximum absolute atomic E-state index is 12.4. The molecule has 20 heavy (non-hydrogen) atoms. The van der Waals surface area contributed by atoms with Crippen molar-refractivity contribution in [3.63, 3.8) is 0 Å². The van der Waals surface area contributed by atoms with Gasteiger partial charge in [-0.2, -0.15) is 24.9 Å². The van der Waals surface area contributed by atoms with E-state index in [2.05, 4.69) is 4.99 Å². The van der Waals surface area contributed by atoms with Gasteiger partial charge in [-0.05, 0) is 30.0 Å². The van der Waals surface area contributed by atoms with Crippen molar-refractivity contribution in [2.75, 3.05) is 19.4 Å². The molecule has 0 aromatic heterocycles. The Balaban J connectivity index is 2.00. The number of nitrogens with zero attached hydrogens (tertiary/aromatic N) is 1. The third-order valence-electron chi connectivity index (χ3n) is 2.86. The minimum Gasteiger partial charge on any atom is -0.477 e. The van der Waals surface area contributed by atoms with Crippen LogP contribution in [0.1, 0.15) is 11.1 Å². The highest BCUT2D eigenvalue weighted by atomic mass is 32.2. The molecule has 0 amide bonds. The lowest BCUT2D eigenvalue weighted by Crippen LogP contribution is -2.23. The van der Waals surface area contributed by atoms with E-state index in [1.807, 2.05) is 6.26 Å². The van der Waals surface area contributed by atoms with Crippen LogP contribution in [0.2, 0.25) is 0 Å². The first-order chi connectivity index (χ1) is 9.49. The first-order valence-electron chi connectivity index (χ1n) is 6.04. The number of halogens is 3. The third kappa shape index (κ3) is 4.03. The minimum atomic E-state index is -4.30. The largest absolute Gasteiger partial charge is 0.477 e. The Morgan fingerprint density at radius 3 is 2.45 bits per heavy atom. The van der Waals surface area contributed by atoms with Crippen molar-refractivity contribution < 1.29 is 17.9 Å². The van der Waals surface area contributed by atoms with Crippen molar-refractivity contribution in [3.8, 4) is 0 Å². The monoisotopic (exact) mass is 301 g/mol. The Labute approximate surface area is 119 Å². The van der Waals surface area contributed by atoms with Crippen LogP contribution in [0.3, 0.4) is 0 Å². The van der Waals surface area contributed by atoms with Gasteiger partial charge in [0.25, 0.3) is 0 Å². The van der Waals surface area contributed by atoms with Gasteiger partial charge < -0.3 is 4.74 Å². The van der Waals surface area contributed by atoms with E-state index in [-0.39, 0.29) is 0 Å². The number of aliphatic imine (C=N–C) groups is 1. The van der Waals surface area contributed by atoms with Crippen LogP contribution in [-0.4, -0.2) is 30.6 Å². The maximum atomic E-state index is 12.4. The van der Waals surface area contributed by atoms with E-state index in [4.69, 9.17) is 4.74 Å². The SMILES string of the molecule is CSC1CN=C(C=Cc2ccc(C(F)(F)F)cc2)OC1. The van der Waals surface area contributed by atoms with Crippen LogP contribution in [-0.2, 0) is 10.9 Å². The minimum absolute atomic E-state index is 0.373. The summed E-state index contributed by atoms with van der Waals surface area (Å²) < 4.78 is 42.7. The molecule has 6 heteroatoms. The highest BCUT2D eigenvalue weighted by Crippen LogP contribution is 2.29. The van der Waals surface area contributed by atoms with Gasteiger partial charge in [-0.15, -0.1) is 0 Å². The molecule has 2 nitrogen and oxygen atoms in total. The Morgan fingerprint density at radius 2 is 1.95 bits per heavy atom. The molecule has 1 unspecified atom stereocenters. The molecule has 1 aromatic carbocycles. The molecule has 0 saturated heterocycles. The summed E-state index contributed by atoms with van der Waals surface area (Å²) in [6.45, 7) is 1.31. The number of rotatable bonds is 3. The highest BCUT2D eigenvalue weighted by Gasteiger charge is 2.29. The van der Waals surface area contributed by atoms with Gasteiger partial charge in [0, 0.05) is 6.08 Å². The average molecular weight is 301 g/mol. The van der Waals surface area contributed by atoms with E-state index in [1.54, 1.807) is 23.9 Å². The number of alkyl halides is 3. The molecule has 1 heterocycles. The topological polar surface area (TPSA) is 21.6 Å². The van der Waals surface area contributed by atoms with Crippen molar-refractivity contribution in [1.29, 1.82) is 0 Å². The van der Waals surface area contributed by atoms with Gasteiger partial charge in [-0.1, -0.05) is 12.1 Å². The fraction of sp³-hybridized carbons (Fsp3) is 0.357. The van der Waals surface area contributed by atoms with E-state index in [0.29, 0.717) is 29.9 Å². The number of benzene rings is 1. The van der Waals surface area contributed by atoms with Crippen LogP contribution in [0.4, 0.5) is 13.2 Å². The van der Waals surface area contributed by atoms with Crippen LogP contribution in [0.15, 0.2) is 35.3 Å². The van der Waals surface area contributed by atoms with Crippen molar-refractivity contribution >= 4 is 23.7 Å². The Bertz CT molecular complexity index is 508. The second kappa shape index (κ2) is 6.35. The van der Waals surface area contributed by atoms with E-state index in [9.17, 15) is 13.2 Å². The molecule has 0 N–H and O–H groups in total. The molecule has 0 radical (unpaired) electrons. The number of hydrogen-bond acceptors (Lipinski definition) is 3. The maximum Gasteiger partial charge on any atom is 0.416 e. The molecule has 0 aliphatic carbocycles. The smallest absolute Gasteiger partial charge is 0.416 e. The summed E-state index contributed by atoms with van der Waals surface area (Å²) in [6, 6.07) is 4.97. The van der Waals surface area contributed by atoms with E-state index < -0.39 is 11.7 Å². The molecule has 0 saturated carbocycles. The normalized spacial score (nSPS) is 19.8. The molecule has 1 atom stereocenters. The van der Waals surface area contributed by atoms with Crippen LogP contribution in [0, 0.1) is 0 Å². The lowest BCUT2D eigenvalue weighted by atomic mass is 10.1. The van der Waals surface area contributed by atoms with E-state index in [0.717, 1.165) is 12.1 Å². The highest BCUT2D eigenvalue weighted by molar-refractivity contribution is 7.99. The summed E-state index contributed by atoms with van der Waals surface area (Å²) in [5.41, 5.74) is 0.0278. The molecular weight excluding hydrogens is 287 g/mol. The third-order valence-corrected chi connectivity index (χ3v) is 3.81. The molecular formula is C14H14F3NOS. The molecule has 1 aromatic rings. The van der Waals surface area contributed by atoms with E-state index in [1.165, 1.54) is 12.1 Å². The van der Waals surface area contributed by atoms with Gasteiger partial charge >= 0.3 is 6.18 Å². The van der Waals surface area contributed by atoms with Crippen molar-refractivity contribution in [3.05, 3.63) is 41.5 Å². The molecule has 108 valence electrons. The second-order valence-electron chi connectivity index (χ2n) is 4.30. The summed E-state index contributed by atoms with van der Waals surface area (Å²) >= 11 is 1.70. The molecule has 0 spiro atoms. The van der Waals surface area contributed by atoms with Gasteiger partial charge in [-0.3, -0.25) is 4.99 Å². The van der Waals surface area contributed by atoms with Crippen molar-refractivity contribution in [2.24, 2.45) is 4.99 Å². The molecule has 2 rings (SSSR count). The van der Waals surface area contributed by atoms with Gasteiger partial charge in [0.15, 0.2) is 0 Å². The van der Waals surface area contributed by atoms with Gasteiger partial charge in [0.05, 0.1) is 17.4 Å². The first-order valence-corrected chi connectivity index (χ1v) is 7.33. The predicted molar refractivity (Wildman–Crippen MR) is 76.0 cm³/mol. The molecule has 1 aliphatic heterocycles. The van der Waals surface area contributed by atoms with Crippen LogP contribution in [0.5, 0.6) is 0 Å². The van der Waals surface area contributed by atoms with Crippen LogP contribution < -0.4 is 0 Å². The number of ether oxygens (including phenoxy) is 1. The number of hydrogen-bond donors (Lipinski definition) is 0. The van der Waals surface area contributed by atoms with Crippen LogP contribution in [0.25, 0.3) is 6.08 Å². The quantitative estimate of drug-likeness (QED) is 0.845. The molecule has 0 bridgehead atoms. The van der Waals surface area contributed by atoms with Crippen molar-refractivity contribution in [1.82, 2.24) is 0 Å². The Kier molecular flexibility index (Phi) is 4.75. The van der Waals surface area contributed by atoms with Gasteiger partial charge in [-0.25, -0.2) is 0 Å². The lowest BCUT2D eigenvalue weighted by Gasteiger charge is -2.18. The Morgan fingerprint density at radius 1 is 1.25 bits per heavy atom. The second-order valence-corrected chi connectivity index (χ2v) is 5.44. The predicted octanol–water partition coefficient (Wildman–Crippen LogP) is 3.88. The van der Waals surface area contributed by atoms with E-state index >= 15 is 0 Å².